The molecule has 4 heteroatoms. The minimum absolute atomic E-state index is 0.297. The first-order valence-corrected chi connectivity index (χ1v) is 6.37. The molecule has 1 aliphatic heterocycles. The van der Waals surface area contributed by atoms with Crippen molar-refractivity contribution in [3.63, 3.8) is 0 Å². The van der Waals surface area contributed by atoms with Gasteiger partial charge in [0.1, 0.15) is 5.54 Å². The van der Waals surface area contributed by atoms with E-state index in [4.69, 9.17) is 4.74 Å². The van der Waals surface area contributed by atoms with Gasteiger partial charge >= 0.3 is 0 Å². The summed E-state index contributed by atoms with van der Waals surface area (Å²) in [6.45, 7) is 7.11. The number of hydrogen-bond donors (Lipinski definition) is 1. The standard InChI is InChI=1S/C13H25N3O/c1-10(8-13(3,9-14)15-4)16(5)12-6-7-17-11(12)2/h10-12,15H,6-8H2,1-5H3. The highest BCUT2D eigenvalue weighted by Gasteiger charge is 2.33. The van der Waals surface area contributed by atoms with Gasteiger partial charge in [0.25, 0.3) is 0 Å². The van der Waals surface area contributed by atoms with Gasteiger partial charge in [-0.25, -0.2) is 0 Å². The van der Waals surface area contributed by atoms with Crippen molar-refractivity contribution in [1.29, 1.82) is 5.26 Å². The van der Waals surface area contributed by atoms with Crippen LogP contribution in [0.1, 0.15) is 33.6 Å². The summed E-state index contributed by atoms with van der Waals surface area (Å²) in [5.74, 6) is 0. The molecule has 4 nitrogen and oxygen atoms in total. The lowest BCUT2D eigenvalue weighted by Crippen LogP contribution is -2.48. The minimum atomic E-state index is -0.448. The van der Waals surface area contributed by atoms with Gasteiger partial charge in [-0.15, -0.1) is 0 Å². The van der Waals surface area contributed by atoms with Gasteiger partial charge in [-0.1, -0.05) is 0 Å². The Kier molecular flexibility index (Phi) is 4.93. The van der Waals surface area contributed by atoms with E-state index in [1.165, 1.54) is 0 Å². The second kappa shape index (κ2) is 5.81. The van der Waals surface area contributed by atoms with Gasteiger partial charge in [0.05, 0.1) is 12.2 Å². The van der Waals surface area contributed by atoms with Crippen molar-refractivity contribution in [3.05, 3.63) is 0 Å². The molecule has 1 rings (SSSR count). The number of nitriles is 1. The van der Waals surface area contributed by atoms with Crippen LogP contribution in [0.3, 0.4) is 0 Å². The van der Waals surface area contributed by atoms with Crippen molar-refractivity contribution in [1.82, 2.24) is 10.2 Å². The molecule has 0 aliphatic carbocycles. The molecule has 0 aromatic heterocycles. The Bertz CT molecular complexity index is 289. The number of rotatable bonds is 5. The number of likely N-dealkylation sites (N-methyl/N-ethyl adjacent to an activating group) is 1. The quantitative estimate of drug-likeness (QED) is 0.787. The average Bonchev–Trinajstić information content (AvgIpc) is 2.74. The van der Waals surface area contributed by atoms with Crippen LogP contribution in [0.25, 0.3) is 0 Å². The number of nitrogens with zero attached hydrogens (tertiary/aromatic N) is 2. The summed E-state index contributed by atoms with van der Waals surface area (Å²) in [4.78, 5) is 2.35. The molecule has 0 saturated carbocycles. The minimum Gasteiger partial charge on any atom is -0.377 e. The maximum Gasteiger partial charge on any atom is 0.105 e. The lowest BCUT2D eigenvalue weighted by atomic mass is 9.93. The number of hydrogen-bond acceptors (Lipinski definition) is 4. The molecule has 4 atom stereocenters. The first-order chi connectivity index (χ1) is 7.93. The summed E-state index contributed by atoms with van der Waals surface area (Å²) in [6, 6.07) is 3.19. The van der Waals surface area contributed by atoms with Gasteiger partial charge in [-0.3, -0.25) is 4.90 Å². The molecule has 0 bridgehead atoms. The molecular formula is C13H25N3O. The van der Waals surface area contributed by atoms with Crippen LogP contribution in [-0.2, 0) is 4.74 Å². The molecule has 4 unspecified atom stereocenters. The summed E-state index contributed by atoms with van der Waals surface area (Å²) in [7, 11) is 3.98. The monoisotopic (exact) mass is 239 g/mol. The third kappa shape index (κ3) is 3.41. The molecule has 1 fully saturated rings. The molecule has 1 saturated heterocycles. The van der Waals surface area contributed by atoms with Crippen molar-refractivity contribution in [2.75, 3.05) is 20.7 Å². The summed E-state index contributed by atoms with van der Waals surface area (Å²) < 4.78 is 5.60. The van der Waals surface area contributed by atoms with Crippen LogP contribution < -0.4 is 5.32 Å². The van der Waals surface area contributed by atoms with E-state index < -0.39 is 5.54 Å². The van der Waals surface area contributed by atoms with Crippen LogP contribution in [0.15, 0.2) is 0 Å². The van der Waals surface area contributed by atoms with E-state index in [-0.39, 0.29) is 0 Å². The van der Waals surface area contributed by atoms with Crippen molar-refractivity contribution >= 4 is 0 Å². The molecule has 1 aliphatic rings. The summed E-state index contributed by atoms with van der Waals surface area (Å²) in [5.41, 5.74) is -0.448. The number of ether oxygens (including phenoxy) is 1. The van der Waals surface area contributed by atoms with Crippen molar-refractivity contribution in [2.45, 2.75) is 57.3 Å². The predicted molar refractivity (Wildman–Crippen MR) is 68.7 cm³/mol. The Hall–Kier alpha value is -0.630. The molecule has 0 aromatic carbocycles. The average molecular weight is 239 g/mol. The van der Waals surface area contributed by atoms with Gasteiger partial charge in [-0.2, -0.15) is 5.26 Å². The van der Waals surface area contributed by atoms with E-state index in [1.807, 2.05) is 14.0 Å². The summed E-state index contributed by atoms with van der Waals surface area (Å²) in [5, 5.41) is 12.3. The normalized spacial score (nSPS) is 29.9. The van der Waals surface area contributed by atoms with Gasteiger partial charge in [0.2, 0.25) is 0 Å². The lowest BCUT2D eigenvalue weighted by Gasteiger charge is -2.35. The largest absolute Gasteiger partial charge is 0.377 e. The van der Waals surface area contributed by atoms with E-state index in [9.17, 15) is 5.26 Å². The van der Waals surface area contributed by atoms with Crippen LogP contribution in [0, 0.1) is 11.3 Å². The third-order valence-corrected chi connectivity index (χ3v) is 4.06. The Morgan fingerprint density at radius 1 is 1.65 bits per heavy atom. The molecule has 17 heavy (non-hydrogen) atoms. The Morgan fingerprint density at radius 3 is 2.71 bits per heavy atom. The van der Waals surface area contributed by atoms with Gasteiger partial charge in [-0.05, 0) is 47.7 Å². The maximum absolute atomic E-state index is 9.18. The van der Waals surface area contributed by atoms with E-state index in [0.717, 1.165) is 19.4 Å². The predicted octanol–water partition coefficient (Wildman–Crippen LogP) is 1.38. The van der Waals surface area contributed by atoms with Gasteiger partial charge < -0.3 is 10.1 Å². The van der Waals surface area contributed by atoms with Crippen molar-refractivity contribution in [3.8, 4) is 6.07 Å². The highest BCUT2D eigenvalue weighted by Crippen LogP contribution is 2.23. The first kappa shape index (κ1) is 14.4. The zero-order valence-corrected chi connectivity index (χ0v) is 11.7. The van der Waals surface area contributed by atoms with Crippen LogP contribution in [0.5, 0.6) is 0 Å². The Morgan fingerprint density at radius 2 is 2.29 bits per heavy atom. The van der Waals surface area contributed by atoms with E-state index in [1.54, 1.807) is 0 Å². The van der Waals surface area contributed by atoms with Crippen LogP contribution in [0.4, 0.5) is 0 Å². The van der Waals surface area contributed by atoms with Crippen LogP contribution in [-0.4, -0.2) is 49.3 Å². The third-order valence-electron chi connectivity index (χ3n) is 4.06. The molecule has 0 aromatic rings. The molecule has 1 heterocycles. The SMILES string of the molecule is CNC(C)(C#N)CC(C)N(C)C1CCOC1C. The van der Waals surface area contributed by atoms with E-state index >= 15 is 0 Å². The fourth-order valence-electron chi connectivity index (χ4n) is 2.52. The van der Waals surface area contributed by atoms with Crippen molar-refractivity contribution < 1.29 is 4.74 Å². The maximum atomic E-state index is 9.18. The molecule has 0 radical (unpaired) electrons. The van der Waals surface area contributed by atoms with Crippen molar-refractivity contribution in [2.24, 2.45) is 0 Å². The zero-order valence-electron chi connectivity index (χ0n) is 11.7. The second-order valence-electron chi connectivity index (χ2n) is 5.34. The highest BCUT2D eigenvalue weighted by molar-refractivity contribution is 5.05. The smallest absolute Gasteiger partial charge is 0.105 e. The molecular weight excluding hydrogens is 214 g/mol. The van der Waals surface area contributed by atoms with E-state index in [2.05, 4.69) is 37.2 Å². The van der Waals surface area contributed by atoms with E-state index in [0.29, 0.717) is 18.2 Å². The Labute approximate surface area is 105 Å². The van der Waals surface area contributed by atoms with Gasteiger partial charge in [0.15, 0.2) is 0 Å². The topological polar surface area (TPSA) is 48.3 Å². The van der Waals surface area contributed by atoms with Crippen LogP contribution >= 0.6 is 0 Å². The summed E-state index contributed by atoms with van der Waals surface area (Å²) in [6.07, 6.45) is 2.20. The first-order valence-electron chi connectivity index (χ1n) is 6.37. The van der Waals surface area contributed by atoms with Gasteiger partial charge in [0, 0.05) is 18.7 Å². The molecule has 0 spiro atoms. The second-order valence-corrected chi connectivity index (χ2v) is 5.34. The van der Waals surface area contributed by atoms with Crippen LogP contribution in [0.2, 0.25) is 0 Å². The fraction of sp³-hybridized carbons (Fsp3) is 0.923. The molecule has 98 valence electrons. The number of nitrogens with one attached hydrogen (secondary N) is 1. The lowest BCUT2D eigenvalue weighted by molar-refractivity contribution is 0.0653. The highest BCUT2D eigenvalue weighted by atomic mass is 16.5. The zero-order chi connectivity index (χ0) is 13.1. The fourth-order valence-corrected chi connectivity index (χ4v) is 2.52. The summed E-state index contributed by atoms with van der Waals surface area (Å²) >= 11 is 0. The molecule has 0 amide bonds. The Balaban J connectivity index is 2.58. The molecule has 1 N–H and O–H groups in total.